The summed E-state index contributed by atoms with van der Waals surface area (Å²) in [6.45, 7) is 7.60. The standard InChI is InChI=1S/C17H25ClN2O4/c1-12(19-16(22)24-17(2,3)4)15(21)20(5)9-10-23-14-8-6-7-13(18)11-14/h6-8,11-12H,9-10H2,1-5H3,(H,19,22). The predicted molar refractivity (Wildman–Crippen MR) is 93.4 cm³/mol. The number of nitrogens with one attached hydrogen (secondary N) is 1. The lowest BCUT2D eigenvalue weighted by atomic mass is 10.2. The normalized spacial score (nSPS) is 12.2. The van der Waals surface area contributed by atoms with Crippen LogP contribution in [0.2, 0.25) is 5.02 Å². The van der Waals surface area contributed by atoms with Gasteiger partial charge in [0.05, 0.1) is 6.54 Å². The average Bonchev–Trinajstić information content (AvgIpc) is 2.44. The number of halogens is 1. The zero-order valence-electron chi connectivity index (χ0n) is 14.8. The molecule has 0 saturated carbocycles. The summed E-state index contributed by atoms with van der Waals surface area (Å²) in [5, 5.41) is 3.11. The minimum absolute atomic E-state index is 0.226. The number of nitrogens with zero attached hydrogens (tertiary/aromatic N) is 1. The lowest BCUT2D eigenvalue weighted by molar-refractivity contribution is -0.132. The topological polar surface area (TPSA) is 67.9 Å². The number of carbonyl (C=O) groups is 2. The number of alkyl carbamates (subject to hydrolysis) is 1. The Hall–Kier alpha value is -1.95. The third-order valence-electron chi connectivity index (χ3n) is 2.97. The van der Waals surface area contributed by atoms with Gasteiger partial charge in [-0.2, -0.15) is 0 Å². The van der Waals surface area contributed by atoms with Gasteiger partial charge in [-0.1, -0.05) is 17.7 Å². The maximum atomic E-state index is 12.2. The molecule has 1 atom stereocenters. The summed E-state index contributed by atoms with van der Waals surface area (Å²) in [6.07, 6.45) is -0.619. The molecule has 0 radical (unpaired) electrons. The molecule has 1 unspecified atom stereocenters. The van der Waals surface area contributed by atoms with Crippen LogP contribution in [-0.4, -0.2) is 48.7 Å². The van der Waals surface area contributed by atoms with Crippen molar-refractivity contribution in [2.75, 3.05) is 20.2 Å². The van der Waals surface area contributed by atoms with Crippen molar-refractivity contribution in [3.8, 4) is 5.75 Å². The highest BCUT2D eigenvalue weighted by Gasteiger charge is 2.23. The number of benzene rings is 1. The van der Waals surface area contributed by atoms with Gasteiger partial charge in [-0.15, -0.1) is 0 Å². The number of carbonyl (C=O) groups excluding carboxylic acids is 2. The monoisotopic (exact) mass is 356 g/mol. The van der Waals surface area contributed by atoms with Crippen LogP contribution >= 0.6 is 11.6 Å². The Kier molecular flexibility index (Phi) is 7.35. The van der Waals surface area contributed by atoms with E-state index in [1.54, 1.807) is 59.0 Å². The van der Waals surface area contributed by atoms with Crippen LogP contribution in [0.5, 0.6) is 5.75 Å². The molecule has 2 amide bonds. The maximum Gasteiger partial charge on any atom is 0.408 e. The Morgan fingerprint density at radius 2 is 2.00 bits per heavy atom. The first kappa shape index (κ1) is 20.1. The van der Waals surface area contributed by atoms with Crippen LogP contribution in [0.15, 0.2) is 24.3 Å². The summed E-state index contributed by atoms with van der Waals surface area (Å²) in [7, 11) is 1.65. The minimum atomic E-state index is -0.684. The Labute approximate surface area is 148 Å². The number of ether oxygens (including phenoxy) is 2. The second kappa shape index (κ2) is 8.78. The molecule has 6 nitrogen and oxygen atoms in total. The molecule has 0 aromatic heterocycles. The van der Waals surface area contributed by atoms with E-state index in [0.717, 1.165) is 0 Å². The first-order valence-corrected chi connectivity index (χ1v) is 8.09. The quantitative estimate of drug-likeness (QED) is 0.850. The van der Waals surface area contributed by atoms with Gasteiger partial charge in [0, 0.05) is 12.1 Å². The predicted octanol–water partition coefficient (Wildman–Crippen LogP) is 3.09. The zero-order chi connectivity index (χ0) is 18.3. The first-order valence-electron chi connectivity index (χ1n) is 7.71. The number of rotatable bonds is 6. The smallest absolute Gasteiger partial charge is 0.408 e. The Morgan fingerprint density at radius 1 is 1.33 bits per heavy atom. The van der Waals surface area contributed by atoms with E-state index in [4.69, 9.17) is 21.1 Å². The van der Waals surface area contributed by atoms with Gasteiger partial charge in [0.2, 0.25) is 5.91 Å². The molecule has 0 heterocycles. The van der Waals surface area contributed by atoms with Crippen molar-refractivity contribution in [2.24, 2.45) is 0 Å². The SMILES string of the molecule is CC(NC(=O)OC(C)(C)C)C(=O)N(C)CCOc1cccc(Cl)c1. The van der Waals surface area contributed by atoms with Crippen molar-refractivity contribution in [1.29, 1.82) is 0 Å². The van der Waals surface area contributed by atoms with Crippen LogP contribution in [0.3, 0.4) is 0 Å². The molecular weight excluding hydrogens is 332 g/mol. The highest BCUT2D eigenvalue weighted by Crippen LogP contribution is 2.16. The second-order valence-electron chi connectivity index (χ2n) is 6.43. The van der Waals surface area contributed by atoms with Crippen LogP contribution < -0.4 is 10.1 Å². The van der Waals surface area contributed by atoms with Gasteiger partial charge in [0.25, 0.3) is 0 Å². The summed E-state index contributed by atoms with van der Waals surface area (Å²) < 4.78 is 10.7. The fraction of sp³-hybridized carbons (Fsp3) is 0.529. The molecule has 0 aliphatic rings. The maximum absolute atomic E-state index is 12.2. The van der Waals surface area contributed by atoms with E-state index in [-0.39, 0.29) is 5.91 Å². The van der Waals surface area contributed by atoms with Crippen LogP contribution in [0.4, 0.5) is 4.79 Å². The summed E-state index contributed by atoms with van der Waals surface area (Å²) >= 11 is 5.88. The molecule has 134 valence electrons. The van der Waals surface area contributed by atoms with Crippen LogP contribution in [-0.2, 0) is 9.53 Å². The fourth-order valence-corrected chi connectivity index (χ4v) is 2.02. The zero-order valence-corrected chi connectivity index (χ0v) is 15.5. The van der Waals surface area contributed by atoms with E-state index in [2.05, 4.69) is 5.32 Å². The van der Waals surface area contributed by atoms with Gasteiger partial charge in [0.1, 0.15) is 24.0 Å². The molecule has 1 aromatic carbocycles. The molecule has 1 N–H and O–H groups in total. The van der Waals surface area contributed by atoms with E-state index in [9.17, 15) is 9.59 Å². The molecule has 0 saturated heterocycles. The second-order valence-corrected chi connectivity index (χ2v) is 6.87. The molecule has 0 aliphatic heterocycles. The highest BCUT2D eigenvalue weighted by atomic mass is 35.5. The Bertz CT molecular complexity index is 572. The lowest BCUT2D eigenvalue weighted by Gasteiger charge is -2.24. The first-order chi connectivity index (χ1) is 11.1. The molecule has 0 fully saturated rings. The molecule has 0 aliphatic carbocycles. The van der Waals surface area contributed by atoms with Crippen molar-refractivity contribution in [3.05, 3.63) is 29.3 Å². The van der Waals surface area contributed by atoms with Gasteiger partial charge in [-0.3, -0.25) is 4.79 Å². The van der Waals surface area contributed by atoms with Crippen molar-refractivity contribution in [1.82, 2.24) is 10.2 Å². The number of hydrogen-bond donors (Lipinski definition) is 1. The van der Waals surface area contributed by atoms with Crippen molar-refractivity contribution >= 4 is 23.6 Å². The third kappa shape index (κ3) is 7.55. The molecule has 1 rings (SSSR count). The molecular formula is C17H25ClN2O4. The number of likely N-dealkylation sites (N-methyl/N-ethyl adjacent to an activating group) is 1. The van der Waals surface area contributed by atoms with Crippen LogP contribution in [0.25, 0.3) is 0 Å². The summed E-state index contributed by atoms with van der Waals surface area (Å²) in [5.41, 5.74) is -0.608. The van der Waals surface area contributed by atoms with Gasteiger partial charge >= 0.3 is 6.09 Å². The minimum Gasteiger partial charge on any atom is -0.492 e. The van der Waals surface area contributed by atoms with Crippen molar-refractivity contribution < 1.29 is 19.1 Å². The van der Waals surface area contributed by atoms with Crippen LogP contribution in [0.1, 0.15) is 27.7 Å². The number of hydrogen-bond acceptors (Lipinski definition) is 4. The van der Waals surface area contributed by atoms with Crippen LogP contribution in [0, 0.1) is 0 Å². The molecule has 0 bridgehead atoms. The summed E-state index contributed by atoms with van der Waals surface area (Å²) in [6, 6.07) is 6.36. The van der Waals surface area contributed by atoms with Gasteiger partial charge in [-0.25, -0.2) is 4.79 Å². The van der Waals surface area contributed by atoms with E-state index in [1.165, 1.54) is 4.90 Å². The van der Waals surface area contributed by atoms with E-state index in [0.29, 0.717) is 23.9 Å². The lowest BCUT2D eigenvalue weighted by Crippen LogP contribution is -2.47. The van der Waals surface area contributed by atoms with Gasteiger partial charge < -0.3 is 19.7 Å². The van der Waals surface area contributed by atoms with E-state index >= 15 is 0 Å². The van der Waals surface area contributed by atoms with E-state index < -0.39 is 17.7 Å². The molecule has 7 heteroatoms. The highest BCUT2D eigenvalue weighted by molar-refractivity contribution is 6.30. The van der Waals surface area contributed by atoms with Crippen molar-refractivity contribution in [2.45, 2.75) is 39.3 Å². The largest absolute Gasteiger partial charge is 0.492 e. The average molecular weight is 357 g/mol. The Balaban J connectivity index is 2.39. The van der Waals surface area contributed by atoms with E-state index in [1.807, 2.05) is 0 Å². The summed E-state index contributed by atoms with van der Waals surface area (Å²) in [4.78, 5) is 25.4. The third-order valence-corrected chi connectivity index (χ3v) is 3.21. The molecule has 0 spiro atoms. The molecule has 24 heavy (non-hydrogen) atoms. The number of amides is 2. The Morgan fingerprint density at radius 3 is 2.58 bits per heavy atom. The summed E-state index contributed by atoms with van der Waals surface area (Å²) in [5.74, 6) is 0.416. The van der Waals surface area contributed by atoms with Gasteiger partial charge in [-0.05, 0) is 45.9 Å². The fourth-order valence-electron chi connectivity index (χ4n) is 1.84. The molecule has 1 aromatic rings. The van der Waals surface area contributed by atoms with Crippen molar-refractivity contribution in [3.63, 3.8) is 0 Å². The van der Waals surface area contributed by atoms with Gasteiger partial charge in [0.15, 0.2) is 0 Å².